The lowest BCUT2D eigenvalue weighted by molar-refractivity contribution is -0.137. The van der Waals surface area contributed by atoms with Gasteiger partial charge in [-0.25, -0.2) is 4.68 Å². The maximum Gasteiger partial charge on any atom is 0.269 e. The third-order valence-corrected chi connectivity index (χ3v) is 6.34. The maximum atomic E-state index is 12.3. The molecule has 1 aliphatic carbocycles. The third-order valence-electron chi connectivity index (χ3n) is 6.34. The van der Waals surface area contributed by atoms with Crippen molar-refractivity contribution in [1.82, 2.24) is 24.5 Å². The first kappa shape index (κ1) is 21.0. The van der Waals surface area contributed by atoms with Crippen molar-refractivity contribution in [2.45, 2.75) is 37.3 Å². The second-order valence-corrected chi connectivity index (χ2v) is 8.52. The van der Waals surface area contributed by atoms with E-state index < -0.39 is 11.5 Å². The minimum absolute atomic E-state index is 0.109. The summed E-state index contributed by atoms with van der Waals surface area (Å²) < 4.78 is 3.59. The summed E-state index contributed by atoms with van der Waals surface area (Å²) >= 11 is 0. The van der Waals surface area contributed by atoms with Gasteiger partial charge in [0, 0.05) is 43.5 Å². The lowest BCUT2D eigenvalue weighted by atomic mass is 9.90. The van der Waals surface area contributed by atoms with Crippen molar-refractivity contribution in [2.75, 3.05) is 13.6 Å². The highest BCUT2D eigenvalue weighted by atomic mass is 16.3. The molecule has 1 fully saturated rings. The number of carbonyl (C=O) groups is 2. The summed E-state index contributed by atoms with van der Waals surface area (Å²) in [6.07, 6.45) is 6.38. The standard InChI is InChI=1S/C24H24N6O3/c1-28-14-11-24(33,23(28)32)10-9-16-5-2-6-17(15-16)30-19-8-3-7-18(29-13-4-12-26-29)20(19)21(27-30)22(25)31/h2,4-6,12-13,15,18,33H,3,7-8,11,14H2,1H3,(H2,25,31)/t18?,24-/m0/s1. The molecule has 3 N–H and O–H groups in total. The number of nitrogens with two attached hydrogens (primary N) is 1. The third kappa shape index (κ3) is 3.58. The van der Waals surface area contributed by atoms with Gasteiger partial charge in [0.05, 0.1) is 17.4 Å². The Morgan fingerprint density at radius 3 is 2.88 bits per heavy atom. The highest BCUT2D eigenvalue weighted by Crippen LogP contribution is 2.36. The number of hydrogen-bond acceptors (Lipinski definition) is 5. The average molecular weight is 444 g/mol. The van der Waals surface area contributed by atoms with E-state index in [9.17, 15) is 14.7 Å². The normalized spacial score (nSPS) is 22.1. The summed E-state index contributed by atoms with van der Waals surface area (Å²) in [5.41, 5.74) is 7.38. The van der Waals surface area contributed by atoms with Crippen molar-refractivity contribution in [2.24, 2.45) is 5.73 Å². The maximum absolute atomic E-state index is 12.3. The van der Waals surface area contributed by atoms with E-state index in [1.54, 1.807) is 24.0 Å². The van der Waals surface area contributed by atoms with Crippen LogP contribution in [0.25, 0.3) is 5.69 Å². The van der Waals surface area contributed by atoms with Crippen LogP contribution in [0.1, 0.15) is 52.6 Å². The monoisotopic (exact) mass is 444 g/mol. The number of carbonyl (C=O) groups excluding carboxylic acids is 2. The van der Waals surface area contributed by atoms with Crippen molar-refractivity contribution in [1.29, 1.82) is 0 Å². The van der Waals surface area contributed by atoms with E-state index >= 15 is 0 Å². The number of aromatic nitrogens is 4. The van der Waals surface area contributed by atoms with Crippen LogP contribution < -0.4 is 5.73 Å². The van der Waals surface area contributed by atoms with Crippen LogP contribution in [-0.2, 0) is 11.2 Å². The number of hydrogen-bond donors (Lipinski definition) is 2. The van der Waals surface area contributed by atoms with Gasteiger partial charge in [-0.15, -0.1) is 0 Å². The topological polar surface area (TPSA) is 119 Å². The number of primary amides is 1. The number of rotatable bonds is 3. The molecule has 1 saturated heterocycles. The first-order valence-electron chi connectivity index (χ1n) is 10.9. The highest BCUT2D eigenvalue weighted by Gasteiger charge is 2.42. The Labute approximate surface area is 190 Å². The summed E-state index contributed by atoms with van der Waals surface area (Å²) in [5, 5.41) is 19.5. The van der Waals surface area contributed by atoms with Gasteiger partial charge in [-0.3, -0.25) is 14.3 Å². The van der Waals surface area contributed by atoms with Gasteiger partial charge in [0.25, 0.3) is 11.8 Å². The number of likely N-dealkylation sites (N-methyl/N-ethyl adjacent to an activating group) is 1. The Kier molecular flexibility index (Phi) is 5.02. The zero-order valence-electron chi connectivity index (χ0n) is 18.2. The lowest BCUT2D eigenvalue weighted by Crippen LogP contribution is -2.37. The smallest absolute Gasteiger partial charge is 0.269 e. The van der Waals surface area contributed by atoms with Crippen molar-refractivity contribution in [3.63, 3.8) is 0 Å². The molecule has 1 aliphatic heterocycles. The van der Waals surface area contributed by atoms with Gasteiger partial charge in [0.1, 0.15) is 0 Å². The fourth-order valence-corrected chi connectivity index (χ4v) is 4.65. The molecule has 1 aromatic carbocycles. The molecule has 168 valence electrons. The highest BCUT2D eigenvalue weighted by molar-refractivity contribution is 5.93. The minimum atomic E-state index is -1.66. The number of likely N-dealkylation sites (tertiary alicyclic amines) is 1. The Bertz CT molecular complexity index is 1300. The van der Waals surface area contributed by atoms with Gasteiger partial charge in [-0.1, -0.05) is 17.9 Å². The molecule has 0 bridgehead atoms. The number of amides is 2. The summed E-state index contributed by atoms with van der Waals surface area (Å²) in [7, 11) is 1.65. The second-order valence-electron chi connectivity index (χ2n) is 8.52. The van der Waals surface area contributed by atoms with Crippen molar-refractivity contribution in [3.8, 4) is 17.5 Å². The van der Waals surface area contributed by atoms with Crippen molar-refractivity contribution >= 4 is 11.8 Å². The molecule has 5 rings (SSSR count). The lowest BCUT2D eigenvalue weighted by Gasteiger charge is -2.24. The number of fused-ring (bicyclic) bond motifs is 1. The van der Waals surface area contributed by atoms with E-state index in [1.807, 2.05) is 35.1 Å². The number of aliphatic hydroxyl groups is 1. The molecular weight excluding hydrogens is 420 g/mol. The SMILES string of the molecule is CN1CC[C@@](O)(C#Cc2cccc(-n3nc(C(N)=O)c4c3CCCC4n3cccn3)c2)C1=O. The number of nitrogens with zero attached hydrogens (tertiary/aromatic N) is 5. The molecule has 2 aromatic heterocycles. The Hall–Kier alpha value is -3.90. The van der Waals surface area contributed by atoms with Crippen LogP contribution in [0, 0.1) is 11.8 Å². The molecule has 9 nitrogen and oxygen atoms in total. The Morgan fingerprint density at radius 2 is 2.18 bits per heavy atom. The van der Waals surface area contributed by atoms with Crippen LogP contribution in [0.3, 0.4) is 0 Å². The molecular formula is C24H24N6O3. The van der Waals surface area contributed by atoms with E-state index in [0.717, 1.165) is 36.2 Å². The van der Waals surface area contributed by atoms with Crippen molar-refractivity contribution in [3.05, 3.63) is 65.2 Å². The molecule has 3 aromatic rings. The van der Waals surface area contributed by atoms with Crippen LogP contribution in [0.15, 0.2) is 42.7 Å². The zero-order chi connectivity index (χ0) is 23.2. The fourth-order valence-electron chi connectivity index (χ4n) is 4.65. The molecule has 0 spiro atoms. The second kappa shape index (κ2) is 7.90. The summed E-state index contributed by atoms with van der Waals surface area (Å²) in [5.74, 6) is 4.71. The molecule has 3 heterocycles. The van der Waals surface area contributed by atoms with Crippen LogP contribution in [0.5, 0.6) is 0 Å². The molecule has 9 heteroatoms. The quantitative estimate of drug-likeness (QED) is 0.585. The fraction of sp³-hybridized carbons (Fsp3) is 0.333. The summed E-state index contributed by atoms with van der Waals surface area (Å²) in [6, 6.07) is 9.09. The van der Waals surface area contributed by atoms with Gasteiger partial charge in [-0.05, 0) is 43.5 Å². The molecule has 2 amide bonds. The average Bonchev–Trinajstić information content (AvgIpc) is 3.54. The Balaban J connectivity index is 1.55. The van der Waals surface area contributed by atoms with E-state index in [4.69, 9.17) is 5.73 Å². The van der Waals surface area contributed by atoms with E-state index in [1.165, 1.54) is 4.90 Å². The first-order valence-corrected chi connectivity index (χ1v) is 10.9. The number of benzene rings is 1. The van der Waals surface area contributed by atoms with Gasteiger partial charge in [0.15, 0.2) is 5.69 Å². The summed E-state index contributed by atoms with van der Waals surface area (Å²) in [4.78, 5) is 25.9. The van der Waals surface area contributed by atoms with Gasteiger partial charge >= 0.3 is 0 Å². The molecule has 1 unspecified atom stereocenters. The van der Waals surface area contributed by atoms with Crippen LogP contribution in [0.2, 0.25) is 0 Å². The van der Waals surface area contributed by atoms with Crippen LogP contribution in [-0.4, -0.2) is 60.6 Å². The summed E-state index contributed by atoms with van der Waals surface area (Å²) in [6.45, 7) is 0.469. The van der Waals surface area contributed by atoms with E-state index in [0.29, 0.717) is 12.1 Å². The molecule has 33 heavy (non-hydrogen) atoms. The predicted molar refractivity (Wildman–Crippen MR) is 119 cm³/mol. The molecule has 2 aliphatic rings. The van der Waals surface area contributed by atoms with E-state index in [-0.39, 0.29) is 24.1 Å². The Morgan fingerprint density at radius 1 is 1.33 bits per heavy atom. The molecule has 2 atom stereocenters. The van der Waals surface area contributed by atoms with Crippen LogP contribution >= 0.6 is 0 Å². The van der Waals surface area contributed by atoms with Gasteiger partial charge < -0.3 is 15.7 Å². The predicted octanol–water partition coefficient (Wildman–Crippen LogP) is 1.04. The van der Waals surface area contributed by atoms with Crippen molar-refractivity contribution < 1.29 is 14.7 Å². The van der Waals surface area contributed by atoms with Gasteiger partial charge in [0.2, 0.25) is 5.60 Å². The van der Waals surface area contributed by atoms with Gasteiger partial charge in [-0.2, -0.15) is 10.2 Å². The molecule has 0 radical (unpaired) electrons. The van der Waals surface area contributed by atoms with E-state index in [2.05, 4.69) is 22.0 Å². The largest absolute Gasteiger partial charge is 0.369 e. The minimum Gasteiger partial charge on any atom is -0.369 e. The zero-order valence-corrected chi connectivity index (χ0v) is 18.2. The molecule has 0 saturated carbocycles. The first-order chi connectivity index (χ1) is 15.9. The van der Waals surface area contributed by atoms with Crippen LogP contribution in [0.4, 0.5) is 0 Å².